The minimum Gasteiger partial charge on any atom is -0.352 e. The summed E-state index contributed by atoms with van der Waals surface area (Å²) in [5.74, 6) is 0.0933. The average molecular weight is 254 g/mol. The SMILES string of the molecule is CC(Sc1nncn1C(C)C)C(=O)NC1CC1. The zero-order valence-corrected chi connectivity index (χ0v) is 11.2. The second kappa shape index (κ2) is 5.08. The van der Waals surface area contributed by atoms with Gasteiger partial charge in [-0.15, -0.1) is 10.2 Å². The Kier molecular flexibility index (Phi) is 3.71. The molecule has 94 valence electrons. The van der Waals surface area contributed by atoms with E-state index in [0.717, 1.165) is 18.0 Å². The summed E-state index contributed by atoms with van der Waals surface area (Å²) >= 11 is 1.46. The molecule has 1 aromatic rings. The van der Waals surface area contributed by atoms with Crippen LogP contribution in [0.4, 0.5) is 0 Å². The van der Waals surface area contributed by atoms with Crippen molar-refractivity contribution in [3.63, 3.8) is 0 Å². The maximum absolute atomic E-state index is 11.8. The fourth-order valence-electron chi connectivity index (χ4n) is 1.43. The predicted molar refractivity (Wildman–Crippen MR) is 66.9 cm³/mol. The maximum atomic E-state index is 11.8. The molecule has 0 aliphatic heterocycles. The highest BCUT2D eigenvalue weighted by Crippen LogP contribution is 2.25. The molecule has 0 aromatic carbocycles. The number of carbonyl (C=O) groups is 1. The highest BCUT2D eigenvalue weighted by Gasteiger charge is 2.26. The summed E-state index contributed by atoms with van der Waals surface area (Å²) in [6, 6.07) is 0.722. The number of aromatic nitrogens is 3. The molecule has 5 nitrogen and oxygen atoms in total. The molecular weight excluding hydrogens is 236 g/mol. The summed E-state index contributed by atoms with van der Waals surface area (Å²) in [7, 11) is 0. The topological polar surface area (TPSA) is 59.8 Å². The molecule has 1 unspecified atom stereocenters. The number of hydrogen-bond acceptors (Lipinski definition) is 4. The van der Waals surface area contributed by atoms with Crippen LogP contribution in [0.3, 0.4) is 0 Å². The van der Waals surface area contributed by atoms with Crippen LogP contribution in [0, 0.1) is 0 Å². The van der Waals surface area contributed by atoms with Gasteiger partial charge in [-0.1, -0.05) is 11.8 Å². The molecule has 1 heterocycles. The summed E-state index contributed by atoms with van der Waals surface area (Å²) in [5, 5.41) is 11.6. The molecule has 0 bridgehead atoms. The van der Waals surface area contributed by atoms with Crippen LogP contribution in [0.1, 0.15) is 39.7 Å². The third-order valence-electron chi connectivity index (χ3n) is 2.67. The molecule has 1 aromatic heterocycles. The van der Waals surface area contributed by atoms with Crippen molar-refractivity contribution < 1.29 is 4.79 Å². The minimum absolute atomic E-state index is 0.0933. The number of nitrogens with zero attached hydrogens (tertiary/aromatic N) is 3. The molecule has 0 radical (unpaired) electrons. The standard InChI is InChI=1S/C11H18N4OS/c1-7(2)15-6-12-14-11(15)17-8(3)10(16)13-9-4-5-9/h6-9H,4-5H2,1-3H3,(H,13,16). The number of amides is 1. The lowest BCUT2D eigenvalue weighted by Gasteiger charge is -2.13. The zero-order chi connectivity index (χ0) is 12.4. The molecule has 1 fully saturated rings. The molecule has 0 spiro atoms. The van der Waals surface area contributed by atoms with E-state index in [1.807, 2.05) is 11.5 Å². The fourth-order valence-corrected chi connectivity index (χ4v) is 2.39. The Morgan fingerprint density at radius 3 is 2.82 bits per heavy atom. The Morgan fingerprint density at radius 2 is 2.24 bits per heavy atom. The zero-order valence-electron chi connectivity index (χ0n) is 10.4. The largest absolute Gasteiger partial charge is 0.352 e. The molecule has 1 atom stereocenters. The van der Waals surface area contributed by atoms with E-state index in [1.54, 1.807) is 6.33 Å². The van der Waals surface area contributed by atoms with Gasteiger partial charge in [0.2, 0.25) is 5.91 Å². The Labute approximate surface area is 105 Å². The van der Waals surface area contributed by atoms with E-state index >= 15 is 0 Å². The van der Waals surface area contributed by atoms with Crippen LogP contribution in [0.25, 0.3) is 0 Å². The molecule has 1 saturated carbocycles. The lowest BCUT2D eigenvalue weighted by atomic mass is 10.4. The summed E-state index contributed by atoms with van der Waals surface area (Å²) < 4.78 is 1.98. The van der Waals surface area contributed by atoms with Crippen LogP contribution in [0.2, 0.25) is 0 Å². The van der Waals surface area contributed by atoms with Gasteiger partial charge in [0.15, 0.2) is 5.16 Å². The monoisotopic (exact) mass is 254 g/mol. The van der Waals surface area contributed by atoms with E-state index in [4.69, 9.17) is 0 Å². The van der Waals surface area contributed by atoms with Crippen molar-refractivity contribution in [1.82, 2.24) is 20.1 Å². The van der Waals surface area contributed by atoms with Crippen LogP contribution in [0.5, 0.6) is 0 Å². The Bertz CT molecular complexity index is 400. The molecule has 17 heavy (non-hydrogen) atoms. The molecule has 2 rings (SSSR count). The normalized spacial score (nSPS) is 17.2. The summed E-state index contributed by atoms with van der Waals surface area (Å²) in [6.45, 7) is 6.05. The number of thioether (sulfide) groups is 1. The van der Waals surface area contributed by atoms with E-state index in [1.165, 1.54) is 11.8 Å². The van der Waals surface area contributed by atoms with Crippen LogP contribution in [0.15, 0.2) is 11.5 Å². The summed E-state index contributed by atoms with van der Waals surface area (Å²) in [5.41, 5.74) is 0. The second-order valence-electron chi connectivity index (χ2n) is 4.66. The smallest absolute Gasteiger partial charge is 0.233 e. The first-order valence-electron chi connectivity index (χ1n) is 5.94. The summed E-state index contributed by atoms with van der Waals surface area (Å²) in [6.07, 6.45) is 3.94. The molecule has 1 aliphatic rings. The predicted octanol–water partition coefficient (Wildman–Crippen LogP) is 1.62. The third kappa shape index (κ3) is 3.21. The first-order chi connectivity index (χ1) is 8.08. The van der Waals surface area contributed by atoms with Gasteiger partial charge in [0.25, 0.3) is 0 Å². The van der Waals surface area contributed by atoms with Gasteiger partial charge in [-0.25, -0.2) is 0 Å². The van der Waals surface area contributed by atoms with E-state index in [2.05, 4.69) is 29.4 Å². The van der Waals surface area contributed by atoms with Gasteiger partial charge in [-0.2, -0.15) is 0 Å². The Balaban J connectivity index is 1.94. The van der Waals surface area contributed by atoms with Crippen molar-refractivity contribution in [2.45, 2.75) is 56.1 Å². The van der Waals surface area contributed by atoms with E-state index in [9.17, 15) is 4.79 Å². The van der Waals surface area contributed by atoms with E-state index in [0.29, 0.717) is 12.1 Å². The Hall–Kier alpha value is -1.04. The first-order valence-corrected chi connectivity index (χ1v) is 6.82. The van der Waals surface area contributed by atoms with Crippen LogP contribution in [-0.2, 0) is 4.79 Å². The van der Waals surface area contributed by atoms with Crippen molar-refractivity contribution in [3.8, 4) is 0 Å². The van der Waals surface area contributed by atoms with Crippen LogP contribution >= 0.6 is 11.8 Å². The van der Waals surface area contributed by atoms with Crippen molar-refractivity contribution in [2.75, 3.05) is 0 Å². The molecular formula is C11H18N4OS. The lowest BCUT2D eigenvalue weighted by Crippen LogP contribution is -2.32. The molecule has 0 saturated heterocycles. The fraction of sp³-hybridized carbons (Fsp3) is 0.727. The molecule has 1 aliphatic carbocycles. The second-order valence-corrected chi connectivity index (χ2v) is 5.97. The van der Waals surface area contributed by atoms with Gasteiger partial charge in [0.1, 0.15) is 6.33 Å². The first kappa shape index (κ1) is 12.4. The van der Waals surface area contributed by atoms with Gasteiger partial charge in [-0.3, -0.25) is 4.79 Å². The van der Waals surface area contributed by atoms with Crippen LogP contribution in [-0.4, -0.2) is 32.0 Å². The number of hydrogen-bond donors (Lipinski definition) is 1. The van der Waals surface area contributed by atoms with Crippen LogP contribution < -0.4 is 5.32 Å². The van der Waals surface area contributed by atoms with E-state index in [-0.39, 0.29) is 11.2 Å². The minimum atomic E-state index is -0.128. The van der Waals surface area contributed by atoms with Gasteiger partial charge < -0.3 is 9.88 Å². The van der Waals surface area contributed by atoms with Crippen molar-refractivity contribution >= 4 is 17.7 Å². The highest BCUT2D eigenvalue weighted by molar-refractivity contribution is 8.00. The Morgan fingerprint density at radius 1 is 1.53 bits per heavy atom. The summed E-state index contributed by atoms with van der Waals surface area (Å²) in [4.78, 5) is 11.8. The number of rotatable bonds is 5. The molecule has 1 amide bonds. The van der Waals surface area contributed by atoms with Crippen molar-refractivity contribution in [2.24, 2.45) is 0 Å². The average Bonchev–Trinajstić information content (AvgIpc) is 2.94. The maximum Gasteiger partial charge on any atom is 0.233 e. The quantitative estimate of drug-likeness (QED) is 0.811. The molecule has 6 heteroatoms. The van der Waals surface area contributed by atoms with Gasteiger partial charge in [0, 0.05) is 12.1 Å². The van der Waals surface area contributed by atoms with Crippen molar-refractivity contribution in [1.29, 1.82) is 0 Å². The highest BCUT2D eigenvalue weighted by atomic mass is 32.2. The number of nitrogens with one attached hydrogen (secondary N) is 1. The van der Waals surface area contributed by atoms with Gasteiger partial charge in [0.05, 0.1) is 5.25 Å². The lowest BCUT2D eigenvalue weighted by molar-refractivity contribution is -0.120. The van der Waals surface area contributed by atoms with Crippen molar-refractivity contribution in [3.05, 3.63) is 6.33 Å². The number of carbonyl (C=O) groups excluding carboxylic acids is 1. The third-order valence-corrected chi connectivity index (χ3v) is 3.74. The van der Waals surface area contributed by atoms with E-state index < -0.39 is 0 Å². The van der Waals surface area contributed by atoms with Gasteiger partial charge >= 0.3 is 0 Å². The van der Waals surface area contributed by atoms with Gasteiger partial charge in [-0.05, 0) is 33.6 Å². The molecule has 1 N–H and O–H groups in total.